The highest BCUT2D eigenvalue weighted by Gasteiger charge is 2.39. The minimum atomic E-state index is -4.83. The number of halogens is 3. The van der Waals surface area contributed by atoms with Gasteiger partial charge in [0.2, 0.25) is 0 Å². The Bertz CT molecular complexity index is 626. The quantitative estimate of drug-likeness (QED) is 0.880. The lowest BCUT2D eigenvalue weighted by Crippen LogP contribution is -2.16. The lowest BCUT2D eigenvalue weighted by Gasteiger charge is -2.12. The summed E-state index contributed by atoms with van der Waals surface area (Å²) in [5.74, 6) is 0.207. The van der Waals surface area contributed by atoms with Crippen molar-refractivity contribution in [2.45, 2.75) is 10.4 Å². The molecule has 0 aliphatic carbocycles. The van der Waals surface area contributed by atoms with Gasteiger partial charge in [0.1, 0.15) is 11.5 Å². The van der Waals surface area contributed by atoms with Gasteiger partial charge in [-0.05, 0) is 36.4 Å². The van der Waals surface area contributed by atoms with E-state index in [1.807, 2.05) is 0 Å². The van der Waals surface area contributed by atoms with Crippen LogP contribution in [0.2, 0.25) is 0 Å². The average molecular weight is 301 g/mol. The van der Waals surface area contributed by atoms with Gasteiger partial charge in [-0.2, -0.15) is 13.2 Å². The zero-order chi connectivity index (χ0) is 14.8. The molecular formula is C13H10F3NO2S. The van der Waals surface area contributed by atoms with E-state index in [0.29, 0.717) is 11.4 Å². The molecule has 0 spiro atoms. The Balaban J connectivity index is 2.33. The van der Waals surface area contributed by atoms with Crippen molar-refractivity contribution in [3.8, 4) is 11.5 Å². The molecule has 2 rings (SSSR count). The highest BCUT2D eigenvalue weighted by Crippen LogP contribution is 2.34. The molecule has 0 saturated heterocycles. The predicted molar refractivity (Wildman–Crippen MR) is 69.8 cm³/mol. The van der Waals surface area contributed by atoms with Crippen LogP contribution in [0.4, 0.5) is 18.9 Å². The number of hydrogen-bond donors (Lipinski definition) is 1. The van der Waals surface area contributed by atoms with E-state index in [1.54, 1.807) is 12.1 Å². The summed E-state index contributed by atoms with van der Waals surface area (Å²) in [6.07, 6.45) is 0. The van der Waals surface area contributed by atoms with E-state index < -0.39 is 21.2 Å². The van der Waals surface area contributed by atoms with Gasteiger partial charge in [0.15, 0.2) is 10.8 Å². The largest absolute Gasteiger partial charge is 0.475 e. The number of nitrogen functional groups attached to an aromatic ring is 1. The molecule has 0 heterocycles. The van der Waals surface area contributed by atoms with Crippen molar-refractivity contribution in [2.24, 2.45) is 0 Å². The van der Waals surface area contributed by atoms with Gasteiger partial charge in [0.25, 0.3) is 0 Å². The second kappa shape index (κ2) is 5.54. The Morgan fingerprint density at radius 3 is 2.20 bits per heavy atom. The number of benzene rings is 2. The SMILES string of the molecule is Nc1ccc(Oc2ccccc2S(=O)C(F)(F)F)cc1. The molecule has 0 aromatic heterocycles. The molecule has 2 N–H and O–H groups in total. The summed E-state index contributed by atoms with van der Waals surface area (Å²) in [5.41, 5.74) is 1.17. The van der Waals surface area contributed by atoms with Crippen molar-refractivity contribution in [2.75, 3.05) is 5.73 Å². The molecule has 0 fully saturated rings. The third-order valence-corrected chi connectivity index (χ3v) is 3.52. The number of anilines is 1. The molecule has 2 aromatic rings. The zero-order valence-electron chi connectivity index (χ0n) is 10.1. The standard InChI is InChI=1S/C13H10F3NO2S/c14-13(15,16)20(18)12-4-2-1-3-11(12)19-10-7-5-9(17)6-8-10/h1-8H,17H2. The van der Waals surface area contributed by atoms with E-state index in [4.69, 9.17) is 10.5 Å². The maximum Gasteiger partial charge on any atom is 0.475 e. The summed E-state index contributed by atoms with van der Waals surface area (Å²) in [5, 5.41) is 0. The number of hydrogen-bond acceptors (Lipinski definition) is 3. The van der Waals surface area contributed by atoms with E-state index in [-0.39, 0.29) is 5.75 Å². The third kappa shape index (κ3) is 3.30. The van der Waals surface area contributed by atoms with Crippen molar-refractivity contribution in [1.29, 1.82) is 0 Å². The first-order chi connectivity index (χ1) is 9.38. The van der Waals surface area contributed by atoms with Crippen LogP contribution in [-0.2, 0) is 10.8 Å². The van der Waals surface area contributed by atoms with Gasteiger partial charge in [0.05, 0.1) is 4.90 Å². The first-order valence-corrected chi connectivity index (χ1v) is 6.64. The van der Waals surface area contributed by atoms with Crippen molar-refractivity contribution >= 4 is 16.5 Å². The van der Waals surface area contributed by atoms with Crippen LogP contribution in [0, 0.1) is 0 Å². The molecule has 0 radical (unpaired) electrons. The fourth-order valence-electron chi connectivity index (χ4n) is 1.48. The summed E-state index contributed by atoms with van der Waals surface area (Å²) in [4.78, 5) is -0.420. The van der Waals surface area contributed by atoms with Crippen LogP contribution in [0.25, 0.3) is 0 Å². The number of rotatable bonds is 3. The third-order valence-electron chi connectivity index (χ3n) is 2.37. The van der Waals surface area contributed by atoms with E-state index in [1.165, 1.54) is 30.3 Å². The monoisotopic (exact) mass is 301 g/mol. The van der Waals surface area contributed by atoms with Gasteiger partial charge in [-0.25, -0.2) is 4.21 Å². The fraction of sp³-hybridized carbons (Fsp3) is 0.0769. The molecule has 1 unspecified atom stereocenters. The number of alkyl halides is 3. The first-order valence-electron chi connectivity index (χ1n) is 5.49. The normalized spacial score (nSPS) is 12.9. The van der Waals surface area contributed by atoms with Crippen LogP contribution >= 0.6 is 0 Å². The van der Waals surface area contributed by atoms with Crippen molar-refractivity contribution in [3.63, 3.8) is 0 Å². The second-order valence-electron chi connectivity index (χ2n) is 3.83. The summed E-state index contributed by atoms with van der Waals surface area (Å²) >= 11 is 0. The van der Waals surface area contributed by atoms with Crippen molar-refractivity contribution in [1.82, 2.24) is 0 Å². The van der Waals surface area contributed by atoms with E-state index in [9.17, 15) is 17.4 Å². The van der Waals surface area contributed by atoms with Gasteiger partial charge in [-0.3, -0.25) is 0 Å². The van der Waals surface area contributed by atoms with Crippen LogP contribution in [0.3, 0.4) is 0 Å². The van der Waals surface area contributed by atoms with E-state index in [2.05, 4.69) is 0 Å². The van der Waals surface area contributed by atoms with Crippen molar-refractivity contribution in [3.05, 3.63) is 48.5 Å². The zero-order valence-corrected chi connectivity index (χ0v) is 10.9. The van der Waals surface area contributed by atoms with Crippen LogP contribution in [-0.4, -0.2) is 9.72 Å². The summed E-state index contributed by atoms with van der Waals surface area (Å²) in [6, 6.07) is 11.5. The Labute approximate surface area is 115 Å². The fourth-order valence-corrected chi connectivity index (χ4v) is 2.22. The number of para-hydroxylation sites is 1. The van der Waals surface area contributed by atoms with Crippen LogP contribution in [0.1, 0.15) is 0 Å². The van der Waals surface area contributed by atoms with Crippen LogP contribution < -0.4 is 10.5 Å². The van der Waals surface area contributed by atoms with Crippen molar-refractivity contribution < 1.29 is 22.1 Å². The van der Waals surface area contributed by atoms with Gasteiger partial charge >= 0.3 is 5.51 Å². The molecule has 0 saturated carbocycles. The minimum absolute atomic E-state index is 0.104. The molecular weight excluding hydrogens is 291 g/mol. The maximum atomic E-state index is 12.5. The lowest BCUT2D eigenvalue weighted by molar-refractivity contribution is -0.0385. The van der Waals surface area contributed by atoms with Gasteiger partial charge in [-0.15, -0.1) is 0 Å². The number of nitrogens with two attached hydrogens (primary N) is 1. The Kier molecular flexibility index (Phi) is 3.99. The minimum Gasteiger partial charge on any atom is -0.456 e. The molecule has 7 heteroatoms. The summed E-state index contributed by atoms with van der Waals surface area (Å²) in [7, 11) is -3.14. The first kappa shape index (κ1) is 14.4. The predicted octanol–water partition coefficient (Wildman–Crippen LogP) is 3.69. The molecule has 0 amide bonds. The van der Waals surface area contributed by atoms with E-state index >= 15 is 0 Å². The molecule has 0 bridgehead atoms. The highest BCUT2D eigenvalue weighted by molar-refractivity contribution is 7.86. The Morgan fingerprint density at radius 1 is 1.00 bits per heavy atom. The average Bonchev–Trinajstić information content (AvgIpc) is 2.40. The molecule has 0 aliphatic rings. The molecule has 3 nitrogen and oxygen atoms in total. The summed E-state index contributed by atoms with van der Waals surface area (Å²) in [6.45, 7) is 0. The van der Waals surface area contributed by atoms with Crippen LogP contribution in [0.15, 0.2) is 53.4 Å². The topological polar surface area (TPSA) is 52.3 Å². The number of ether oxygens (including phenoxy) is 1. The Hall–Kier alpha value is -2.02. The summed E-state index contributed by atoms with van der Waals surface area (Å²) < 4.78 is 54.4. The maximum absolute atomic E-state index is 12.5. The van der Waals surface area contributed by atoms with Gasteiger partial charge in [-0.1, -0.05) is 12.1 Å². The van der Waals surface area contributed by atoms with Gasteiger partial charge < -0.3 is 10.5 Å². The smallest absolute Gasteiger partial charge is 0.456 e. The van der Waals surface area contributed by atoms with Crippen LogP contribution in [0.5, 0.6) is 11.5 Å². The lowest BCUT2D eigenvalue weighted by atomic mass is 10.3. The highest BCUT2D eigenvalue weighted by atomic mass is 32.2. The second-order valence-corrected chi connectivity index (χ2v) is 5.27. The Morgan fingerprint density at radius 2 is 1.60 bits per heavy atom. The van der Waals surface area contributed by atoms with E-state index in [0.717, 1.165) is 6.07 Å². The van der Waals surface area contributed by atoms with Gasteiger partial charge in [0, 0.05) is 5.69 Å². The molecule has 1 atom stereocenters. The molecule has 2 aromatic carbocycles. The molecule has 20 heavy (non-hydrogen) atoms. The molecule has 0 aliphatic heterocycles. The molecule has 106 valence electrons.